The third kappa shape index (κ3) is 3.13. The van der Waals surface area contributed by atoms with E-state index >= 15 is 0 Å². The Kier molecular flexibility index (Phi) is 4.72. The monoisotopic (exact) mass is 294 g/mol. The molecule has 1 heterocycles. The van der Waals surface area contributed by atoms with Crippen molar-refractivity contribution < 1.29 is 4.79 Å². The minimum atomic E-state index is -0.361. The van der Waals surface area contributed by atoms with Gasteiger partial charge in [0.1, 0.15) is 0 Å². The van der Waals surface area contributed by atoms with Gasteiger partial charge in [0.05, 0.1) is 11.7 Å². The summed E-state index contributed by atoms with van der Waals surface area (Å²) in [6.45, 7) is 14.2. The first-order valence-corrected chi connectivity index (χ1v) is 8.80. The maximum absolute atomic E-state index is 13.0. The number of rotatable bonds is 5. The molecule has 2 fully saturated rings. The molecule has 0 aromatic heterocycles. The second-order valence-corrected chi connectivity index (χ2v) is 8.40. The van der Waals surface area contributed by atoms with Crippen LogP contribution in [0.25, 0.3) is 0 Å². The standard InChI is InChI=1S/C18H34N2O/c1-7-18(6)16(21)20(12-17(4,5)13(2)3)15(19-18)14-10-8-9-11-14/h13-15,19H,7-12H2,1-6H3. The van der Waals surface area contributed by atoms with Gasteiger partial charge in [-0.15, -0.1) is 0 Å². The van der Waals surface area contributed by atoms with Crippen molar-refractivity contribution in [3.05, 3.63) is 0 Å². The first kappa shape index (κ1) is 16.8. The van der Waals surface area contributed by atoms with E-state index in [1.807, 2.05) is 0 Å². The van der Waals surface area contributed by atoms with Crippen LogP contribution >= 0.6 is 0 Å². The number of hydrogen-bond acceptors (Lipinski definition) is 2. The first-order chi connectivity index (χ1) is 9.71. The molecule has 2 atom stereocenters. The summed E-state index contributed by atoms with van der Waals surface area (Å²) < 4.78 is 0. The lowest BCUT2D eigenvalue weighted by Gasteiger charge is -2.38. The third-order valence-corrected chi connectivity index (χ3v) is 6.23. The molecule has 1 amide bonds. The third-order valence-electron chi connectivity index (χ3n) is 6.23. The van der Waals surface area contributed by atoms with Crippen molar-refractivity contribution in [1.29, 1.82) is 0 Å². The SMILES string of the molecule is CCC1(C)NC(C2CCCC2)N(CC(C)(C)C(C)C)C1=O. The van der Waals surface area contributed by atoms with E-state index in [0.29, 0.717) is 17.7 Å². The van der Waals surface area contributed by atoms with Gasteiger partial charge in [0.25, 0.3) is 0 Å². The molecule has 1 aliphatic carbocycles. The Balaban J connectivity index is 2.22. The molecule has 2 rings (SSSR count). The summed E-state index contributed by atoms with van der Waals surface area (Å²) in [4.78, 5) is 15.2. The topological polar surface area (TPSA) is 32.3 Å². The first-order valence-electron chi connectivity index (χ1n) is 8.80. The number of carbonyl (C=O) groups is 1. The van der Waals surface area contributed by atoms with Crippen LogP contribution < -0.4 is 5.32 Å². The Morgan fingerprint density at radius 2 is 1.90 bits per heavy atom. The Morgan fingerprint density at radius 3 is 2.38 bits per heavy atom. The van der Waals surface area contributed by atoms with Crippen molar-refractivity contribution >= 4 is 5.91 Å². The van der Waals surface area contributed by atoms with Gasteiger partial charge in [0.2, 0.25) is 5.91 Å². The van der Waals surface area contributed by atoms with E-state index in [2.05, 4.69) is 51.8 Å². The highest BCUT2D eigenvalue weighted by Crippen LogP contribution is 2.38. The van der Waals surface area contributed by atoms with Crippen LogP contribution in [0, 0.1) is 17.3 Å². The molecule has 1 aliphatic heterocycles. The highest BCUT2D eigenvalue weighted by atomic mass is 16.2. The Morgan fingerprint density at radius 1 is 1.33 bits per heavy atom. The molecule has 1 N–H and O–H groups in total. The van der Waals surface area contributed by atoms with Crippen LogP contribution in [0.4, 0.5) is 0 Å². The van der Waals surface area contributed by atoms with Crippen molar-refractivity contribution in [2.45, 2.75) is 85.4 Å². The molecule has 0 radical (unpaired) electrons. The Hall–Kier alpha value is -0.570. The molecule has 0 spiro atoms. The van der Waals surface area contributed by atoms with E-state index in [1.165, 1.54) is 25.7 Å². The van der Waals surface area contributed by atoms with Gasteiger partial charge in [-0.05, 0) is 43.4 Å². The summed E-state index contributed by atoms with van der Waals surface area (Å²) in [6.07, 6.45) is 6.30. The smallest absolute Gasteiger partial charge is 0.243 e. The Bertz CT molecular complexity index is 385. The minimum absolute atomic E-state index is 0.160. The molecule has 2 unspecified atom stereocenters. The van der Waals surface area contributed by atoms with Crippen LogP contribution in [0.1, 0.15) is 73.6 Å². The van der Waals surface area contributed by atoms with Gasteiger partial charge in [-0.2, -0.15) is 0 Å². The molecule has 2 aliphatic rings. The number of nitrogens with zero attached hydrogens (tertiary/aromatic N) is 1. The van der Waals surface area contributed by atoms with Crippen molar-refractivity contribution in [2.75, 3.05) is 6.54 Å². The normalized spacial score (nSPS) is 31.7. The highest BCUT2D eigenvalue weighted by molar-refractivity contribution is 5.88. The fourth-order valence-electron chi connectivity index (χ4n) is 3.60. The summed E-state index contributed by atoms with van der Waals surface area (Å²) >= 11 is 0. The molecule has 3 nitrogen and oxygen atoms in total. The van der Waals surface area contributed by atoms with E-state index in [4.69, 9.17) is 0 Å². The zero-order valence-electron chi connectivity index (χ0n) is 14.8. The number of hydrogen-bond donors (Lipinski definition) is 1. The molecule has 0 aromatic rings. The van der Waals surface area contributed by atoms with Crippen LogP contribution in [-0.4, -0.2) is 29.1 Å². The summed E-state index contributed by atoms with van der Waals surface area (Å²) in [5.74, 6) is 1.53. The summed E-state index contributed by atoms with van der Waals surface area (Å²) in [6, 6.07) is 0. The average molecular weight is 294 g/mol. The van der Waals surface area contributed by atoms with Crippen molar-refractivity contribution in [2.24, 2.45) is 17.3 Å². The van der Waals surface area contributed by atoms with Crippen molar-refractivity contribution in [1.82, 2.24) is 10.2 Å². The molecule has 1 saturated carbocycles. The zero-order chi connectivity index (χ0) is 15.8. The van der Waals surface area contributed by atoms with Gasteiger partial charge >= 0.3 is 0 Å². The van der Waals surface area contributed by atoms with Gasteiger partial charge in [0, 0.05) is 6.54 Å². The van der Waals surface area contributed by atoms with Crippen LogP contribution in [0.15, 0.2) is 0 Å². The lowest BCUT2D eigenvalue weighted by atomic mass is 9.80. The summed E-state index contributed by atoms with van der Waals surface area (Å²) in [5, 5.41) is 3.70. The van der Waals surface area contributed by atoms with E-state index < -0.39 is 0 Å². The minimum Gasteiger partial charge on any atom is -0.325 e. The second-order valence-electron chi connectivity index (χ2n) is 8.40. The molecule has 21 heavy (non-hydrogen) atoms. The van der Waals surface area contributed by atoms with Crippen molar-refractivity contribution in [3.8, 4) is 0 Å². The van der Waals surface area contributed by atoms with E-state index in [-0.39, 0.29) is 17.1 Å². The van der Waals surface area contributed by atoms with Gasteiger partial charge in [-0.25, -0.2) is 0 Å². The van der Waals surface area contributed by atoms with Crippen molar-refractivity contribution in [3.63, 3.8) is 0 Å². The molecular formula is C18H34N2O. The zero-order valence-corrected chi connectivity index (χ0v) is 14.8. The number of carbonyl (C=O) groups excluding carboxylic acids is 1. The maximum Gasteiger partial charge on any atom is 0.243 e. The highest BCUT2D eigenvalue weighted by Gasteiger charge is 2.50. The van der Waals surface area contributed by atoms with Gasteiger partial charge in [-0.3, -0.25) is 10.1 Å². The van der Waals surface area contributed by atoms with Crippen LogP contribution in [0.5, 0.6) is 0 Å². The van der Waals surface area contributed by atoms with E-state index in [0.717, 1.165) is 13.0 Å². The maximum atomic E-state index is 13.0. The largest absolute Gasteiger partial charge is 0.325 e. The number of nitrogens with one attached hydrogen (secondary N) is 1. The molecule has 122 valence electrons. The van der Waals surface area contributed by atoms with Gasteiger partial charge < -0.3 is 4.90 Å². The molecule has 0 bridgehead atoms. The predicted octanol–water partition coefficient (Wildman–Crippen LogP) is 3.79. The lowest BCUT2D eigenvalue weighted by Crippen LogP contribution is -2.47. The van der Waals surface area contributed by atoms with Crippen LogP contribution in [-0.2, 0) is 4.79 Å². The molecule has 0 aromatic carbocycles. The van der Waals surface area contributed by atoms with Gasteiger partial charge in [-0.1, -0.05) is 47.5 Å². The quantitative estimate of drug-likeness (QED) is 0.837. The molecule has 1 saturated heterocycles. The van der Waals surface area contributed by atoms with Crippen LogP contribution in [0.2, 0.25) is 0 Å². The fraction of sp³-hybridized carbons (Fsp3) is 0.944. The average Bonchev–Trinajstić information content (AvgIpc) is 3.01. The molecular weight excluding hydrogens is 260 g/mol. The van der Waals surface area contributed by atoms with E-state index in [1.54, 1.807) is 0 Å². The predicted molar refractivity (Wildman–Crippen MR) is 87.9 cm³/mol. The summed E-state index contributed by atoms with van der Waals surface area (Å²) in [5.41, 5.74) is -0.201. The Labute approximate surface area is 130 Å². The molecule has 3 heteroatoms. The second kappa shape index (κ2) is 5.91. The summed E-state index contributed by atoms with van der Waals surface area (Å²) in [7, 11) is 0. The van der Waals surface area contributed by atoms with Crippen LogP contribution in [0.3, 0.4) is 0 Å². The van der Waals surface area contributed by atoms with E-state index in [9.17, 15) is 4.79 Å². The fourth-order valence-corrected chi connectivity index (χ4v) is 3.60. The van der Waals surface area contributed by atoms with Gasteiger partial charge in [0.15, 0.2) is 0 Å². The lowest BCUT2D eigenvalue weighted by molar-refractivity contribution is -0.135. The number of amides is 1.